The Morgan fingerprint density at radius 2 is 1.36 bits per heavy atom. The number of hydrogen-bond donors (Lipinski definition) is 2. The maximum atomic E-state index is 11.3. The van der Waals surface area contributed by atoms with Gasteiger partial charge in [-0.25, -0.2) is 9.59 Å². The molecule has 0 bridgehead atoms. The highest BCUT2D eigenvalue weighted by atomic mass is 79.9. The summed E-state index contributed by atoms with van der Waals surface area (Å²) in [5, 5.41) is 0. The van der Waals surface area contributed by atoms with E-state index in [4.69, 9.17) is 9.47 Å². The zero-order valence-corrected chi connectivity index (χ0v) is 15.7. The average molecular weight is 443 g/mol. The molecule has 126 valence electrons. The van der Waals surface area contributed by atoms with Crippen molar-refractivity contribution in [3.05, 3.63) is 29.6 Å². The summed E-state index contributed by atoms with van der Waals surface area (Å²) >= 11 is 0. The first-order valence-corrected chi connectivity index (χ1v) is 6.34. The average Bonchev–Trinajstić information content (AvgIpc) is 2.42. The van der Waals surface area contributed by atoms with Crippen molar-refractivity contribution in [1.82, 2.24) is 4.98 Å². The van der Waals surface area contributed by atoms with Crippen molar-refractivity contribution in [3.8, 4) is 0 Å². The van der Waals surface area contributed by atoms with Crippen LogP contribution in [0.15, 0.2) is 18.2 Å². The van der Waals surface area contributed by atoms with Crippen molar-refractivity contribution in [3.63, 3.8) is 0 Å². The van der Waals surface area contributed by atoms with Gasteiger partial charge >= 0.3 is 11.9 Å². The number of carbonyl (C=O) groups is 2. The molecule has 0 fully saturated rings. The molecule has 7 nitrogen and oxygen atoms in total. The van der Waals surface area contributed by atoms with Gasteiger partial charge in [0.1, 0.15) is 13.2 Å². The molecule has 2 atom stereocenters. The Bertz CT molecular complexity index is 445. The van der Waals surface area contributed by atoms with Crippen LogP contribution in [0.3, 0.4) is 0 Å². The Balaban J connectivity index is 0. The van der Waals surface area contributed by atoms with Gasteiger partial charge in [0.2, 0.25) is 0 Å². The molecule has 0 aliphatic heterocycles. The fourth-order valence-corrected chi connectivity index (χ4v) is 1.26. The van der Waals surface area contributed by atoms with Gasteiger partial charge in [-0.05, 0) is 26.0 Å². The molecular weight excluding hydrogens is 422 g/mol. The lowest BCUT2D eigenvalue weighted by Gasteiger charge is -2.08. The number of quaternary nitrogens is 2. The molecule has 1 heterocycles. The topological polar surface area (TPSA) is 121 Å². The van der Waals surface area contributed by atoms with E-state index in [-0.39, 0.29) is 59.1 Å². The number of rotatable bonds is 6. The Labute approximate surface area is 150 Å². The lowest BCUT2D eigenvalue weighted by molar-refractivity contribution is -0.403. The second kappa shape index (κ2) is 11.5. The monoisotopic (exact) mass is 441 g/mol. The molecule has 0 saturated heterocycles. The van der Waals surface area contributed by atoms with Gasteiger partial charge in [0.25, 0.3) is 0 Å². The quantitative estimate of drug-likeness (QED) is 0.424. The molecule has 0 amide bonds. The van der Waals surface area contributed by atoms with Crippen molar-refractivity contribution >= 4 is 11.9 Å². The zero-order valence-electron chi connectivity index (χ0n) is 12.6. The maximum Gasteiger partial charge on any atom is 0.364 e. The van der Waals surface area contributed by atoms with E-state index in [1.165, 1.54) is 0 Å². The maximum absolute atomic E-state index is 11.3. The van der Waals surface area contributed by atoms with Crippen LogP contribution in [-0.4, -0.2) is 29.0 Å². The molecule has 0 radical (unpaired) electrons. The summed E-state index contributed by atoms with van der Waals surface area (Å²) in [6, 6.07) is 4.39. The first-order valence-electron chi connectivity index (χ1n) is 6.34. The third kappa shape index (κ3) is 8.42. The Morgan fingerprint density at radius 3 is 1.68 bits per heavy atom. The van der Waals surface area contributed by atoms with Gasteiger partial charge in [0, 0.05) is 0 Å². The van der Waals surface area contributed by atoms with Crippen LogP contribution in [-0.2, 0) is 32.3 Å². The first-order chi connectivity index (χ1) is 9.40. The molecule has 22 heavy (non-hydrogen) atoms. The standard InChI is InChI=1S/C13H19N3O4.2BrH/c1-8(14)12(17)19-6-10-4-3-5-11(16-10)7-20-13(18)9(2)15;;/h3-5,8-9H,6-7,14-15H2,1-2H3;2*1H/t8-,9-;;/m0../s1. The normalized spacial score (nSPS) is 12.2. The number of hydrogen-bond acceptors (Lipinski definition) is 5. The summed E-state index contributed by atoms with van der Waals surface area (Å²) in [4.78, 5) is 26.8. The molecule has 0 saturated carbocycles. The van der Waals surface area contributed by atoms with Crippen molar-refractivity contribution in [2.75, 3.05) is 0 Å². The number of halogens is 2. The van der Waals surface area contributed by atoms with Crippen molar-refractivity contribution in [1.29, 1.82) is 0 Å². The molecule has 0 spiro atoms. The van der Waals surface area contributed by atoms with Gasteiger partial charge < -0.3 is 54.9 Å². The van der Waals surface area contributed by atoms with E-state index in [0.717, 1.165) is 0 Å². The fourth-order valence-electron chi connectivity index (χ4n) is 1.26. The molecule has 0 aliphatic carbocycles. The molecule has 1 aromatic heterocycles. The zero-order chi connectivity index (χ0) is 15.1. The van der Waals surface area contributed by atoms with Gasteiger partial charge in [0.05, 0.1) is 11.4 Å². The minimum Gasteiger partial charge on any atom is -1.00 e. The number of ether oxygens (including phenoxy) is 2. The lowest BCUT2D eigenvalue weighted by Crippen LogP contribution is -3.00. The predicted molar refractivity (Wildman–Crippen MR) is 68.5 cm³/mol. The van der Waals surface area contributed by atoms with Gasteiger partial charge in [-0.15, -0.1) is 0 Å². The highest BCUT2D eigenvalue weighted by Gasteiger charge is 2.14. The fraction of sp³-hybridized carbons (Fsp3) is 0.462. The third-order valence-corrected chi connectivity index (χ3v) is 2.39. The van der Waals surface area contributed by atoms with Crippen LogP contribution in [0.5, 0.6) is 0 Å². The van der Waals surface area contributed by atoms with Gasteiger partial charge in [-0.1, -0.05) is 6.07 Å². The highest BCUT2D eigenvalue weighted by Crippen LogP contribution is 2.04. The second-order valence-corrected chi connectivity index (χ2v) is 4.64. The number of esters is 2. The van der Waals surface area contributed by atoms with Crippen LogP contribution in [0.2, 0.25) is 0 Å². The van der Waals surface area contributed by atoms with Crippen molar-refractivity contribution in [2.24, 2.45) is 0 Å². The number of carbonyl (C=O) groups excluding carboxylic acids is 2. The summed E-state index contributed by atoms with van der Waals surface area (Å²) in [6.45, 7) is 3.47. The van der Waals surface area contributed by atoms with Gasteiger partial charge in [0.15, 0.2) is 12.1 Å². The first kappa shape index (κ1) is 23.2. The van der Waals surface area contributed by atoms with Crippen LogP contribution in [0.4, 0.5) is 0 Å². The van der Waals surface area contributed by atoms with Gasteiger partial charge in [-0.3, -0.25) is 4.98 Å². The van der Waals surface area contributed by atoms with Crippen LogP contribution in [0.25, 0.3) is 0 Å². The lowest BCUT2D eigenvalue weighted by atomic mass is 10.3. The van der Waals surface area contributed by atoms with E-state index in [1.807, 2.05) is 0 Å². The second-order valence-electron chi connectivity index (χ2n) is 4.64. The molecule has 0 unspecified atom stereocenters. The Kier molecular flexibility index (Phi) is 12.2. The van der Waals surface area contributed by atoms with Gasteiger partial charge in [-0.2, -0.15) is 0 Å². The minimum absolute atomic E-state index is 0. The summed E-state index contributed by atoms with van der Waals surface area (Å²) in [5.74, 6) is -0.760. The van der Waals surface area contributed by atoms with Crippen molar-refractivity contribution < 1.29 is 64.5 Å². The number of nitrogens with zero attached hydrogens (tertiary/aromatic N) is 1. The Hall–Kier alpha value is -1.03. The molecule has 9 heteroatoms. The summed E-state index contributed by atoms with van der Waals surface area (Å²) in [5.41, 5.74) is 8.34. The molecule has 1 aromatic rings. The number of pyridine rings is 1. The molecule has 0 aromatic carbocycles. The van der Waals surface area contributed by atoms with Crippen LogP contribution >= 0.6 is 0 Å². The van der Waals surface area contributed by atoms with E-state index in [0.29, 0.717) is 11.4 Å². The van der Waals surface area contributed by atoms with E-state index in [1.54, 1.807) is 32.0 Å². The molecule has 1 rings (SSSR count). The third-order valence-electron chi connectivity index (χ3n) is 2.39. The van der Waals surface area contributed by atoms with E-state index < -0.39 is 12.1 Å². The van der Waals surface area contributed by atoms with E-state index in [2.05, 4.69) is 16.5 Å². The smallest absolute Gasteiger partial charge is 0.364 e. The molecular formula is C13H21Br2N3O4. The predicted octanol–water partition coefficient (Wildman–Crippen LogP) is -7.56. The highest BCUT2D eigenvalue weighted by molar-refractivity contribution is 5.73. The van der Waals surface area contributed by atoms with Crippen LogP contribution < -0.4 is 45.4 Å². The molecule has 0 aliphatic rings. The van der Waals surface area contributed by atoms with Crippen LogP contribution in [0.1, 0.15) is 25.2 Å². The minimum atomic E-state index is -0.419. The summed E-state index contributed by atoms with van der Waals surface area (Å²) in [7, 11) is 0. The van der Waals surface area contributed by atoms with E-state index >= 15 is 0 Å². The molecule has 6 N–H and O–H groups in total. The Morgan fingerprint density at radius 1 is 1.00 bits per heavy atom. The summed E-state index contributed by atoms with van der Waals surface area (Å²) in [6.07, 6.45) is 0. The summed E-state index contributed by atoms with van der Waals surface area (Å²) < 4.78 is 10.1. The van der Waals surface area contributed by atoms with Crippen molar-refractivity contribution in [2.45, 2.75) is 39.1 Å². The van der Waals surface area contributed by atoms with E-state index in [9.17, 15) is 9.59 Å². The van der Waals surface area contributed by atoms with Crippen LogP contribution in [0, 0.1) is 0 Å². The number of aromatic nitrogens is 1. The largest absolute Gasteiger partial charge is 1.00 e. The SMILES string of the molecule is C[C@H]([NH3+])C(=O)OCc1cccc(COC(=O)[C@H](C)[NH3+])n1.[Br-].[Br-].